The molecule has 0 spiro atoms. The van der Waals surface area contributed by atoms with E-state index < -0.39 is 0 Å². The Kier molecular flexibility index (Phi) is 3.31. The predicted molar refractivity (Wildman–Crippen MR) is 60.7 cm³/mol. The van der Waals surface area contributed by atoms with Crippen molar-refractivity contribution in [2.45, 2.75) is 26.4 Å². The number of aryl methyl sites for hydroxylation is 1. The summed E-state index contributed by atoms with van der Waals surface area (Å²) >= 11 is 0. The molecule has 0 amide bonds. The fraction of sp³-hybridized carbons (Fsp3) is 0.333. The third-order valence-electron chi connectivity index (χ3n) is 2.44. The van der Waals surface area contributed by atoms with Crippen molar-refractivity contribution < 1.29 is 4.52 Å². The van der Waals surface area contributed by atoms with Gasteiger partial charge in [0.25, 0.3) is 0 Å². The van der Waals surface area contributed by atoms with Crippen LogP contribution >= 0.6 is 0 Å². The molecule has 1 heterocycles. The largest absolute Gasteiger partial charge is 0.340 e. The van der Waals surface area contributed by atoms with Crippen molar-refractivity contribution in [1.29, 1.82) is 0 Å². The molecule has 1 atom stereocenters. The van der Waals surface area contributed by atoms with Crippen molar-refractivity contribution in [3.8, 4) is 0 Å². The second-order valence-corrected chi connectivity index (χ2v) is 3.74. The molecule has 16 heavy (non-hydrogen) atoms. The molecule has 0 saturated heterocycles. The van der Waals surface area contributed by atoms with E-state index in [1.54, 1.807) is 6.92 Å². The van der Waals surface area contributed by atoms with Gasteiger partial charge in [-0.15, -0.1) is 0 Å². The number of hydrogen-bond donors (Lipinski definition) is 1. The van der Waals surface area contributed by atoms with Crippen LogP contribution in [0.25, 0.3) is 0 Å². The lowest BCUT2D eigenvalue weighted by Gasteiger charge is -2.12. The smallest absolute Gasteiger partial charge is 0.223 e. The summed E-state index contributed by atoms with van der Waals surface area (Å²) in [4.78, 5) is 4.14. The van der Waals surface area contributed by atoms with Crippen LogP contribution < -0.4 is 5.32 Å². The Morgan fingerprint density at radius 2 is 2.06 bits per heavy atom. The molecule has 1 aromatic heterocycles. The zero-order valence-corrected chi connectivity index (χ0v) is 9.47. The minimum absolute atomic E-state index is 0.278. The van der Waals surface area contributed by atoms with E-state index in [2.05, 4.69) is 34.5 Å². The van der Waals surface area contributed by atoms with Crippen molar-refractivity contribution in [3.63, 3.8) is 0 Å². The van der Waals surface area contributed by atoms with E-state index in [0.717, 1.165) is 0 Å². The molecule has 84 valence electrons. The van der Waals surface area contributed by atoms with E-state index in [4.69, 9.17) is 4.52 Å². The zero-order valence-electron chi connectivity index (χ0n) is 9.47. The molecule has 4 nitrogen and oxygen atoms in total. The Labute approximate surface area is 94.7 Å². The van der Waals surface area contributed by atoms with Gasteiger partial charge in [0.1, 0.15) is 0 Å². The third kappa shape index (κ3) is 2.67. The van der Waals surface area contributed by atoms with Crippen LogP contribution in [-0.4, -0.2) is 10.1 Å². The average molecular weight is 217 g/mol. The lowest BCUT2D eigenvalue weighted by atomic mass is 10.1. The summed E-state index contributed by atoms with van der Waals surface area (Å²) < 4.78 is 4.90. The van der Waals surface area contributed by atoms with Gasteiger partial charge < -0.3 is 9.84 Å². The van der Waals surface area contributed by atoms with Crippen molar-refractivity contribution >= 4 is 0 Å². The first-order valence-electron chi connectivity index (χ1n) is 5.33. The van der Waals surface area contributed by atoms with Gasteiger partial charge in [0, 0.05) is 13.0 Å². The van der Waals surface area contributed by atoms with Crippen molar-refractivity contribution in [1.82, 2.24) is 15.5 Å². The highest BCUT2D eigenvalue weighted by atomic mass is 16.5. The van der Waals surface area contributed by atoms with E-state index in [1.807, 2.05) is 18.2 Å². The van der Waals surface area contributed by atoms with Crippen LogP contribution in [0.1, 0.15) is 30.2 Å². The molecule has 1 N–H and O–H groups in total. The monoisotopic (exact) mass is 217 g/mol. The van der Waals surface area contributed by atoms with Crippen molar-refractivity contribution in [3.05, 3.63) is 47.6 Å². The van der Waals surface area contributed by atoms with Crippen LogP contribution in [0, 0.1) is 6.92 Å². The van der Waals surface area contributed by atoms with Gasteiger partial charge in [-0.05, 0) is 12.5 Å². The molecule has 0 aliphatic rings. The third-order valence-corrected chi connectivity index (χ3v) is 2.44. The average Bonchev–Trinajstić information content (AvgIpc) is 2.73. The maximum atomic E-state index is 4.90. The van der Waals surface area contributed by atoms with E-state index in [0.29, 0.717) is 18.3 Å². The Morgan fingerprint density at radius 1 is 1.31 bits per heavy atom. The fourth-order valence-corrected chi connectivity index (χ4v) is 1.52. The molecule has 4 heteroatoms. The van der Waals surface area contributed by atoms with Crippen LogP contribution in [0.15, 0.2) is 34.9 Å². The first kappa shape index (κ1) is 10.8. The highest BCUT2D eigenvalue weighted by molar-refractivity contribution is 5.18. The van der Waals surface area contributed by atoms with Crippen molar-refractivity contribution in [2.24, 2.45) is 0 Å². The van der Waals surface area contributed by atoms with E-state index in [9.17, 15) is 0 Å². The summed E-state index contributed by atoms with van der Waals surface area (Å²) in [5.74, 6) is 1.30. The van der Waals surface area contributed by atoms with Crippen LogP contribution in [0.5, 0.6) is 0 Å². The molecule has 0 aliphatic carbocycles. The second kappa shape index (κ2) is 4.90. The Hall–Kier alpha value is -1.68. The number of nitrogens with one attached hydrogen (secondary N) is 1. The highest BCUT2D eigenvalue weighted by Gasteiger charge is 2.06. The summed E-state index contributed by atoms with van der Waals surface area (Å²) in [7, 11) is 0. The van der Waals surface area contributed by atoms with Gasteiger partial charge in [0.2, 0.25) is 5.89 Å². The summed E-state index contributed by atoms with van der Waals surface area (Å²) in [5, 5.41) is 7.18. The molecule has 0 unspecified atom stereocenters. The SMILES string of the molecule is Cc1nc(CN[C@H](C)c2ccccc2)no1. The van der Waals surface area contributed by atoms with Gasteiger partial charge in [0.05, 0.1) is 6.54 Å². The first-order chi connectivity index (χ1) is 7.75. The normalized spacial score (nSPS) is 12.6. The Bertz CT molecular complexity index is 439. The van der Waals surface area contributed by atoms with Crippen LogP contribution in [0.4, 0.5) is 0 Å². The summed E-state index contributed by atoms with van der Waals surface area (Å²) in [6, 6.07) is 10.6. The molecule has 2 rings (SSSR count). The van der Waals surface area contributed by atoms with Crippen LogP contribution in [0.2, 0.25) is 0 Å². The van der Waals surface area contributed by atoms with Gasteiger partial charge in [-0.2, -0.15) is 4.98 Å². The minimum atomic E-state index is 0.278. The van der Waals surface area contributed by atoms with Gasteiger partial charge in [-0.1, -0.05) is 35.5 Å². The molecular weight excluding hydrogens is 202 g/mol. The van der Waals surface area contributed by atoms with Crippen molar-refractivity contribution in [2.75, 3.05) is 0 Å². The second-order valence-electron chi connectivity index (χ2n) is 3.74. The topological polar surface area (TPSA) is 51.0 Å². The lowest BCUT2D eigenvalue weighted by Crippen LogP contribution is -2.18. The van der Waals surface area contributed by atoms with Gasteiger partial charge in [-0.25, -0.2) is 0 Å². The number of rotatable bonds is 4. The summed E-state index contributed by atoms with van der Waals surface area (Å²) in [5.41, 5.74) is 1.25. The minimum Gasteiger partial charge on any atom is -0.340 e. The number of nitrogens with zero attached hydrogens (tertiary/aromatic N) is 2. The summed E-state index contributed by atoms with van der Waals surface area (Å²) in [6.45, 7) is 4.52. The van der Waals surface area contributed by atoms with E-state index in [-0.39, 0.29) is 6.04 Å². The highest BCUT2D eigenvalue weighted by Crippen LogP contribution is 2.11. The standard InChI is InChI=1S/C12H15N3O/c1-9(11-6-4-3-5-7-11)13-8-12-14-10(2)16-15-12/h3-7,9,13H,8H2,1-2H3/t9-/m1/s1. The van der Waals surface area contributed by atoms with Gasteiger partial charge in [-0.3, -0.25) is 0 Å². The van der Waals surface area contributed by atoms with Gasteiger partial charge >= 0.3 is 0 Å². The molecule has 2 aromatic rings. The maximum Gasteiger partial charge on any atom is 0.223 e. The zero-order chi connectivity index (χ0) is 11.4. The fourth-order valence-electron chi connectivity index (χ4n) is 1.52. The maximum absolute atomic E-state index is 4.90. The van der Waals surface area contributed by atoms with E-state index in [1.165, 1.54) is 5.56 Å². The molecule has 0 fully saturated rings. The lowest BCUT2D eigenvalue weighted by molar-refractivity contribution is 0.384. The van der Waals surface area contributed by atoms with E-state index >= 15 is 0 Å². The van der Waals surface area contributed by atoms with Crippen LogP contribution in [0.3, 0.4) is 0 Å². The van der Waals surface area contributed by atoms with Crippen LogP contribution in [-0.2, 0) is 6.54 Å². The quantitative estimate of drug-likeness (QED) is 0.853. The molecular formula is C12H15N3O. The first-order valence-corrected chi connectivity index (χ1v) is 5.33. The molecule has 0 bridgehead atoms. The summed E-state index contributed by atoms with van der Waals surface area (Å²) in [6.07, 6.45) is 0. The molecule has 1 aromatic carbocycles. The number of hydrogen-bond acceptors (Lipinski definition) is 4. The Balaban J connectivity index is 1.91. The number of benzene rings is 1. The Morgan fingerprint density at radius 3 is 2.69 bits per heavy atom. The molecule has 0 saturated carbocycles. The number of aromatic nitrogens is 2. The molecule has 0 radical (unpaired) electrons. The molecule has 0 aliphatic heterocycles. The van der Waals surface area contributed by atoms with Gasteiger partial charge in [0.15, 0.2) is 5.82 Å². The predicted octanol–water partition coefficient (Wildman–Crippen LogP) is 2.23.